The van der Waals surface area contributed by atoms with Crippen molar-refractivity contribution >= 4 is 51.5 Å². The van der Waals surface area contributed by atoms with Gasteiger partial charge in [-0.1, -0.05) is 25.4 Å². The maximum atomic E-state index is 6.20. The SMILES string of the molecule is CC(C)c1nc(NN)cc(Nc2ccc(I)cc2Cl)n1. The lowest BCUT2D eigenvalue weighted by molar-refractivity contribution is 0.777. The van der Waals surface area contributed by atoms with Gasteiger partial charge < -0.3 is 10.7 Å². The van der Waals surface area contributed by atoms with E-state index in [1.165, 1.54) is 0 Å². The second kappa shape index (κ2) is 6.55. The van der Waals surface area contributed by atoms with Crippen LogP contribution >= 0.6 is 34.2 Å². The summed E-state index contributed by atoms with van der Waals surface area (Å²) in [7, 11) is 0. The molecule has 0 unspecified atom stereocenters. The quantitative estimate of drug-likeness (QED) is 0.410. The van der Waals surface area contributed by atoms with Gasteiger partial charge in [0, 0.05) is 15.6 Å². The minimum Gasteiger partial charge on any atom is -0.339 e. The summed E-state index contributed by atoms with van der Waals surface area (Å²) in [5.74, 6) is 7.57. The van der Waals surface area contributed by atoms with Gasteiger partial charge in [0.15, 0.2) is 0 Å². The smallest absolute Gasteiger partial charge is 0.145 e. The van der Waals surface area contributed by atoms with Crippen LogP contribution in [0.15, 0.2) is 24.3 Å². The van der Waals surface area contributed by atoms with E-state index < -0.39 is 0 Å². The van der Waals surface area contributed by atoms with Gasteiger partial charge in [0.05, 0.1) is 10.7 Å². The Hall–Kier alpha value is -1.12. The molecule has 0 radical (unpaired) electrons. The monoisotopic (exact) mass is 403 g/mol. The van der Waals surface area contributed by atoms with Gasteiger partial charge in [-0.25, -0.2) is 15.8 Å². The molecule has 0 fully saturated rings. The highest BCUT2D eigenvalue weighted by Crippen LogP contribution is 2.27. The van der Waals surface area contributed by atoms with Crippen molar-refractivity contribution in [3.63, 3.8) is 0 Å². The van der Waals surface area contributed by atoms with Crippen molar-refractivity contribution in [1.29, 1.82) is 0 Å². The Kier molecular flexibility index (Phi) is 5.00. The summed E-state index contributed by atoms with van der Waals surface area (Å²) < 4.78 is 1.08. The zero-order chi connectivity index (χ0) is 14.7. The number of nitrogens with one attached hydrogen (secondary N) is 2. The Balaban J connectivity index is 2.34. The number of rotatable bonds is 4. The van der Waals surface area contributed by atoms with Crippen molar-refractivity contribution in [1.82, 2.24) is 9.97 Å². The first-order chi connectivity index (χ1) is 9.49. The molecule has 2 aromatic rings. The summed E-state index contributed by atoms with van der Waals surface area (Å²) in [5.41, 5.74) is 3.34. The summed E-state index contributed by atoms with van der Waals surface area (Å²) >= 11 is 8.42. The number of aromatic nitrogens is 2. The molecule has 0 saturated heterocycles. The first-order valence-corrected chi connectivity index (χ1v) is 7.53. The maximum absolute atomic E-state index is 6.20. The van der Waals surface area contributed by atoms with E-state index in [1.807, 2.05) is 32.0 Å². The molecule has 0 amide bonds. The molecule has 0 bridgehead atoms. The highest BCUT2D eigenvalue weighted by Gasteiger charge is 2.09. The number of nitrogen functional groups attached to an aromatic ring is 1. The Labute approximate surface area is 136 Å². The van der Waals surface area contributed by atoms with E-state index in [1.54, 1.807) is 6.07 Å². The van der Waals surface area contributed by atoms with Gasteiger partial charge in [-0.3, -0.25) is 0 Å². The van der Waals surface area contributed by atoms with Crippen LogP contribution in [0, 0.1) is 3.57 Å². The van der Waals surface area contributed by atoms with Crippen LogP contribution in [0.4, 0.5) is 17.3 Å². The molecule has 1 aromatic heterocycles. The summed E-state index contributed by atoms with van der Waals surface area (Å²) in [6, 6.07) is 7.51. The molecule has 1 aromatic carbocycles. The van der Waals surface area contributed by atoms with Gasteiger partial charge in [0.2, 0.25) is 0 Å². The second-order valence-electron chi connectivity index (χ2n) is 4.54. The summed E-state index contributed by atoms with van der Waals surface area (Å²) in [4.78, 5) is 8.77. The molecule has 2 rings (SSSR count). The minimum atomic E-state index is 0.205. The largest absolute Gasteiger partial charge is 0.339 e. The van der Waals surface area contributed by atoms with Gasteiger partial charge in [0.1, 0.15) is 17.5 Å². The van der Waals surface area contributed by atoms with Gasteiger partial charge in [-0.2, -0.15) is 0 Å². The topological polar surface area (TPSA) is 75.9 Å². The molecule has 20 heavy (non-hydrogen) atoms. The van der Waals surface area contributed by atoms with Crippen LogP contribution in [-0.2, 0) is 0 Å². The lowest BCUT2D eigenvalue weighted by atomic mass is 10.2. The first-order valence-electron chi connectivity index (χ1n) is 6.07. The van der Waals surface area contributed by atoms with Gasteiger partial charge in [0.25, 0.3) is 0 Å². The fourth-order valence-electron chi connectivity index (χ4n) is 1.59. The number of halogens is 2. The van der Waals surface area contributed by atoms with Crippen molar-refractivity contribution in [2.45, 2.75) is 19.8 Å². The third-order valence-electron chi connectivity index (χ3n) is 2.60. The van der Waals surface area contributed by atoms with E-state index >= 15 is 0 Å². The maximum Gasteiger partial charge on any atom is 0.145 e. The van der Waals surface area contributed by atoms with Crippen LogP contribution in [0.1, 0.15) is 25.6 Å². The number of benzene rings is 1. The van der Waals surface area contributed by atoms with E-state index in [2.05, 4.69) is 43.3 Å². The van der Waals surface area contributed by atoms with Gasteiger partial charge in [-0.15, -0.1) is 0 Å². The Morgan fingerprint density at radius 3 is 2.50 bits per heavy atom. The molecule has 7 heteroatoms. The van der Waals surface area contributed by atoms with Gasteiger partial charge in [-0.05, 0) is 40.8 Å². The standard InChI is InChI=1S/C13H15ClIN5/c1-7(2)13-18-11(6-12(19-13)20-16)17-10-4-3-8(15)5-9(10)14/h3-7H,16H2,1-2H3,(H2,17,18,19,20). The van der Waals surface area contributed by atoms with Crippen molar-refractivity contribution in [3.8, 4) is 0 Å². The zero-order valence-electron chi connectivity index (χ0n) is 11.1. The summed E-state index contributed by atoms with van der Waals surface area (Å²) in [6.45, 7) is 4.05. The van der Waals surface area contributed by atoms with E-state index in [0.29, 0.717) is 22.5 Å². The van der Waals surface area contributed by atoms with E-state index in [9.17, 15) is 0 Å². The number of anilines is 3. The molecule has 1 heterocycles. The number of nitrogens with two attached hydrogens (primary N) is 1. The van der Waals surface area contributed by atoms with Crippen LogP contribution in [-0.4, -0.2) is 9.97 Å². The first kappa shape index (κ1) is 15.3. The molecule has 0 aliphatic carbocycles. The molecule has 0 aliphatic rings. The third-order valence-corrected chi connectivity index (χ3v) is 3.59. The van der Waals surface area contributed by atoms with Crippen LogP contribution in [0.3, 0.4) is 0 Å². The minimum absolute atomic E-state index is 0.205. The Bertz CT molecular complexity index is 618. The molecule has 0 aliphatic heterocycles. The average Bonchev–Trinajstić information content (AvgIpc) is 2.41. The predicted octanol–water partition coefficient (Wildman–Crippen LogP) is 3.89. The molecular weight excluding hydrogens is 389 g/mol. The van der Waals surface area contributed by atoms with Crippen molar-refractivity contribution < 1.29 is 0 Å². The Morgan fingerprint density at radius 2 is 1.90 bits per heavy atom. The number of hydrogen-bond donors (Lipinski definition) is 3. The van der Waals surface area contributed by atoms with Gasteiger partial charge >= 0.3 is 0 Å². The summed E-state index contributed by atoms with van der Waals surface area (Å²) in [5, 5.41) is 3.83. The predicted molar refractivity (Wildman–Crippen MR) is 91.4 cm³/mol. The molecule has 4 N–H and O–H groups in total. The van der Waals surface area contributed by atoms with Crippen molar-refractivity contribution in [2.75, 3.05) is 10.7 Å². The fraction of sp³-hybridized carbons (Fsp3) is 0.231. The highest BCUT2D eigenvalue weighted by molar-refractivity contribution is 14.1. The second-order valence-corrected chi connectivity index (χ2v) is 6.20. The molecule has 0 atom stereocenters. The van der Waals surface area contributed by atoms with E-state index in [-0.39, 0.29) is 5.92 Å². The number of nitrogens with zero attached hydrogens (tertiary/aromatic N) is 2. The molecule has 0 spiro atoms. The zero-order valence-corrected chi connectivity index (χ0v) is 14.0. The Morgan fingerprint density at radius 1 is 1.20 bits per heavy atom. The molecule has 5 nitrogen and oxygen atoms in total. The lowest BCUT2D eigenvalue weighted by Crippen LogP contribution is -2.12. The molecular formula is C13H15ClIN5. The fourth-order valence-corrected chi connectivity index (χ4v) is 2.49. The third kappa shape index (κ3) is 3.71. The normalized spacial score (nSPS) is 10.7. The van der Waals surface area contributed by atoms with Crippen LogP contribution < -0.4 is 16.6 Å². The highest BCUT2D eigenvalue weighted by atomic mass is 127. The van der Waals surface area contributed by atoms with Crippen molar-refractivity contribution in [2.24, 2.45) is 5.84 Å². The summed E-state index contributed by atoms with van der Waals surface area (Å²) in [6.07, 6.45) is 0. The van der Waals surface area contributed by atoms with E-state index in [0.717, 1.165) is 9.26 Å². The van der Waals surface area contributed by atoms with E-state index in [4.69, 9.17) is 17.4 Å². The molecule has 106 valence electrons. The number of hydrazine groups is 1. The lowest BCUT2D eigenvalue weighted by Gasteiger charge is -2.12. The average molecular weight is 404 g/mol. The molecule has 0 saturated carbocycles. The van der Waals surface area contributed by atoms with Crippen LogP contribution in [0.2, 0.25) is 5.02 Å². The van der Waals surface area contributed by atoms with Crippen LogP contribution in [0.25, 0.3) is 0 Å². The van der Waals surface area contributed by atoms with Crippen molar-refractivity contribution in [3.05, 3.63) is 38.7 Å². The van der Waals surface area contributed by atoms with Crippen LogP contribution in [0.5, 0.6) is 0 Å². The number of hydrogen-bond acceptors (Lipinski definition) is 5.